The lowest BCUT2D eigenvalue weighted by molar-refractivity contribution is -0.119. The standard InChI is InChI=1S/C21H24N2O6/c1-21(2,3)29-20(26)23-15-8-5-7-14(11-15)19(25)28-13-18(24)22-16-9-6-10-17(12-16)27-4/h5-12H,13H2,1-4H3,(H,22,24)(H,23,26). The number of rotatable bonds is 6. The molecule has 0 aromatic heterocycles. The molecule has 2 aromatic rings. The molecule has 154 valence electrons. The summed E-state index contributed by atoms with van der Waals surface area (Å²) >= 11 is 0. The van der Waals surface area contributed by atoms with Gasteiger partial charge in [-0.2, -0.15) is 0 Å². The number of ether oxygens (including phenoxy) is 3. The summed E-state index contributed by atoms with van der Waals surface area (Å²) in [6, 6.07) is 12.9. The molecule has 0 atom stereocenters. The maximum Gasteiger partial charge on any atom is 0.412 e. The molecule has 2 rings (SSSR count). The van der Waals surface area contributed by atoms with E-state index in [1.807, 2.05) is 0 Å². The maximum absolute atomic E-state index is 12.2. The van der Waals surface area contributed by atoms with E-state index < -0.39 is 30.2 Å². The van der Waals surface area contributed by atoms with E-state index in [0.717, 1.165) is 0 Å². The molecule has 29 heavy (non-hydrogen) atoms. The van der Waals surface area contributed by atoms with Crippen molar-refractivity contribution in [3.05, 3.63) is 54.1 Å². The Morgan fingerprint density at radius 1 is 0.931 bits per heavy atom. The zero-order chi connectivity index (χ0) is 21.4. The second-order valence-electron chi connectivity index (χ2n) is 7.06. The number of nitrogens with one attached hydrogen (secondary N) is 2. The van der Waals surface area contributed by atoms with Crippen LogP contribution in [-0.2, 0) is 14.3 Å². The molecule has 0 saturated heterocycles. The van der Waals surface area contributed by atoms with E-state index in [1.165, 1.54) is 19.2 Å². The third-order valence-electron chi connectivity index (χ3n) is 3.43. The minimum Gasteiger partial charge on any atom is -0.497 e. The van der Waals surface area contributed by atoms with Crippen molar-refractivity contribution in [1.82, 2.24) is 0 Å². The Balaban J connectivity index is 1.90. The lowest BCUT2D eigenvalue weighted by atomic mass is 10.2. The molecule has 2 aromatic carbocycles. The second kappa shape index (κ2) is 9.59. The highest BCUT2D eigenvalue weighted by Crippen LogP contribution is 2.17. The van der Waals surface area contributed by atoms with E-state index in [2.05, 4.69) is 10.6 Å². The van der Waals surface area contributed by atoms with Gasteiger partial charge in [-0.15, -0.1) is 0 Å². The lowest BCUT2D eigenvalue weighted by Gasteiger charge is -2.19. The summed E-state index contributed by atoms with van der Waals surface area (Å²) in [5.74, 6) is -0.595. The first-order valence-electron chi connectivity index (χ1n) is 8.87. The topological polar surface area (TPSA) is 103 Å². The van der Waals surface area contributed by atoms with Crippen LogP contribution in [-0.4, -0.2) is 37.3 Å². The molecule has 0 aliphatic rings. The Kier molecular flexibility index (Phi) is 7.19. The van der Waals surface area contributed by atoms with Gasteiger partial charge < -0.3 is 19.5 Å². The van der Waals surface area contributed by atoms with Gasteiger partial charge in [0.15, 0.2) is 6.61 Å². The molecule has 2 N–H and O–H groups in total. The zero-order valence-electron chi connectivity index (χ0n) is 16.8. The van der Waals surface area contributed by atoms with Crippen LogP contribution < -0.4 is 15.4 Å². The molecule has 0 bridgehead atoms. The molecule has 0 heterocycles. The quantitative estimate of drug-likeness (QED) is 0.714. The first-order valence-corrected chi connectivity index (χ1v) is 8.87. The Morgan fingerprint density at radius 2 is 1.59 bits per heavy atom. The fraction of sp³-hybridized carbons (Fsp3) is 0.286. The Labute approximate surface area is 169 Å². The first kappa shape index (κ1) is 21.7. The van der Waals surface area contributed by atoms with E-state index in [4.69, 9.17) is 14.2 Å². The normalized spacial score (nSPS) is 10.6. The van der Waals surface area contributed by atoms with Gasteiger partial charge in [-0.1, -0.05) is 12.1 Å². The minimum atomic E-state index is -0.696. The van der Waals surface area contributed by atoms with Crippen molar-refractivity contribution < 1.29 is 28.6 Å². The zero-order valence-corrected chi connectivity index (χ0v) is 16.8. The van der Waals surface area contributed by atoms with Gasteiger partial charge in [0.1, 0.15) is 11.4 Å². The second-order valence-corrected chi connectivity index (χ2v) is 7.06. The fourth-order valence-electron chi connectivity index (χ4n) is 2.26. The highest BCUT2D eigenvalue weighted by Gasteiger charge is 2.17. The van der Waals surface area contributed by atoms with Crippen LogP contribution in [0.4, 0.5) is 16.2 Å². The molecule has 0 unspecified atom stereocenters. The number of carbonyl (C=O) groups is 3. The van der Waals surface area contributed by atoms with Crippen molar-refractivity contribution in [2.75, 3.05) is 24.4 Å². The van der Waals surface area contributed by atoms with Crippen LogP contribution in [0.3, 0.4) is 0 Å². The van der Waals surface area contributed by atoms with E-state index >= 15 is 0 Å². The van der Waals surface area contributed by atoms with Crippen LogP contribution in [0.25, 0.3) is 0 Å². The number of anilines is 2. The Morgan fingerprint density at radius 3 is 2.24 bits per heavy atom. The lowest BCUT2D eigenvalue weighted by Crippen LogP contribution is -2.27. The largest absolute Gasteiger partial charge is 0.497 e. The molecule has 0 aliphatic carbocycles. The van der Waals surface area contributed by atoms with Crippen LogP contribution in [0.15, 0.2) is 48.5 Å². The van der Waals surface area contributed by atoms with Crippen molar-refractivity contribution in [1.29, 1.82) is 0 Å². The number of amides is 2. The summed E-state index contributed by atoms with van der Waals surface area (Å²) < 4.78 is 15.3. The average molecular weight is 400 g/mol. The summed E-state index contributed by atoms with van der Waals surface area (Å²) in [6.45, 7) is 4.78. The number of benzene rings is 2. The molecule has 0 saturated carbocycles. The van der Waals surface area contributed by atoms with Gasteiger partial charge in [-0.25, -0.2) is 9.59 Å². The van der Waals surface area contributed by atoms with Crippen LogP contribution in [0.1, 0.15) is 31.1 Å². The molecule has 8 heteroatoms. The van der Waals surface area contributed by atoms with E-state index in [-0.39, 0.29) is 5.56 Å². The Bertz CT molecular complexity index is 889. The van der Waals surface area contributed by atoms with E-state index in [0.29, 0.717) is 17.1 Å². The summed E-state index contributed by atoms with van der Waals surface area (Å²) in [4.78, 5) is 36.0. The summed E-state index contributed by atoms with van der Waals surface area (Å²) in [6.07, 6.45) is -0.638. The molecule has 0 fully saturated rings. The molecule has 0 aliphatic heterocycles. The predicted octanol–water partition coefficient (Wildman–Crippen LogP) is 3.84. The molecule has 8 nitrogen and oxygen atoms in total. The van der Waals surface area contributed by atoms with Gasteiger partial charge >= 0.3 is 12.1 Å². The van der Waals surface area contributed by atoms with Crippen LogP contribution in [0, 0.1) is 0 Å². The third-order valence-corrected chi connectivity index (χ3v) is 3.43. The monoisotopic (exact) mass is 400 g/mol. The van der Waals surface area contributed by atoms with Crippen LogP contribution in [0.2, 0.25) is 0 Å². The summed E-state index contributed by atoms with van der Waals surface area (Å²) in [7, 11) is 1.52. The van der Waals surface area contributed by atoms with Crippen molar-refractivity contribution in [2.24, 2.45) is 0 Å². The predicted molar refractivity (Wildman–Crippen MR) is 108 cm³/mol. The molecule has 0 radical (unpaired) electrons. The number of methoxy groups -OCH3 is 1. The fourth-order valence-corrected chi connectivity index (χ4v) is 2.26. The van der Waals surface area contributed by atoms with Gasteiger partial charge in [-0.05, 0) is 51.1 Å². The van der Waals surface area contributed by atoms with Gasteiger partial charge in [0.2, 0.25) is 0 Å². The highest BCUT2D eigenvalue weighted by atomic mass is 16.6. The van der Waals surface area contributed by atoms with Gasteiger partial charge in [0, 0.05) is 17.4 Å². The number of hydrogen-bond donors (Lipinski definition) is 2. The number of carbonyl (C=O) groups excluding carboxylic acids is 3. The minimum absolute atomic E-state index is 0.188. The molecule has 0 spiro atoms. The molecular weight excluding hydrogens is 376 g/mol. The van der Waals surface area contributed by atoms with Crippen molar-refractivity contribution in [2.45, 2.75) is 26.4 Å². The smallest absolute Gasteiger partial charge is 0.412 e. The van der Waals surface area contributed by atoms with Crippen molar-refractivity contribution in [3.8, 4) is 5.75 Å². The SMILES string of the molecule is COc1cccc(NC(=O)COC(=O)c2cccc(NC(=O)OC(C)(C)C)c2)c1. The number of esters is 1. The van der Waals surface area contributed by atoms with Gasteiger partial charge in [0.05, 0.1) is 12.7 Å². The molecular formula is C21H24N2O6. The molecule has 2 amide bonds. The van der Waals surface area contributed by atoms with Crippen LogP contribution in [0.5, 0.6) is 5.75 Å². The Hall–Kier alpha value is -3.55. The number of hydrogen-bond acceptors (Lipinski definition) is 6. The summed E-state index contributed by atoms with van der Waals surface area (Å²) in [5, 5.41) is 5.15. The van der Waals surface area contributed by atoms with Gasteiger partial charge in [0.25, 0.3) is 5.91 Å². The third kappa shape index (κ3) is 7.53. The van der Waals surface area contributed by atoms with Crippen molar-refractivity contribution >= 4 is 29.3 Å². The van der Waals surface area contributed by atoms with Crippen LogP contribution >= 0.6 is 0 Å². The summed E-state index contributed by atoms with van der Waals surface area (Å²) in [5.41, 5.74) is 0.438. The highest BCUT2D eigenvalue weighted by molar-refractivity contribution is 5.96. The van der Waals surface area contributed by atoms with Gasteiger partial charge in [-0.3, -0.25) is 10.1 Å². The van der Waals surface area contributed by atoms with E-state index in [1.54, 1.807) is 57.2 Å². The van der Waals surface area contributed by atoms with E-state index in [9.17, 15) is 14.4 Å². The first-order chi connectivity index (χ1) is 13.7. The average Bonchev–Trinajstić information content (AvgIpc) is 2.65. The van der Waals surface area contributed by atoms with Crippen molar-refractivity contribution in [3.63, 3.8) is 0 Å². The maximum atomic E-state index is 12.2.